The number of hydrogen-bond acceptors (Lipinski definition) is 4. The molecule has 0 bridgehead atoms. The third-order valence-electron chi connectivity index (χ3n) is 2.90. The molecule has 3 rings (SSSR count). The number of rotatable bonds is 4. The average Bonchev–Trinajstić information content (AvgIpc) is 2.95. The van der Waals surface area contributed by atoms with Crippen LogP contribution < -0.4 is 10.5 Å². The summed E-state index contributed by atoms with van der Waals surface area (Å²) in [7, 11) is 0. The molecule has 0 spiro atoms. The normalized spacial score (nSPS) is 10.5. The summed E-state index contributed by atoms with van der Waals surface area (Å²) in [6.07, 6.45) is 1.67. The molecule has 21 heavy (non-hydrogen) atoms. The average molecular weight is 301 g/mol. The van der Waals surface area contributed by atoms with Gasteiger partial charge in [0.25, 0.3) is 0 Å². The molecule has 2 aromatic carbocycles. The Hall–Kier alpha value is -2.46. The van der Waals surface area contributed by atoms with Gasteiger partial charge < -0.3 is 14.9 Å². The Balaban J connectivity index is 1.69. The van der Waals surface area contributed by atoms with Crippen LogP contribution in [0.3, 0.4) is 0 Å². The highest BCUT2D eigenvalue weighted by molar-refractivity contribution is 6.30. The van der Waals surface area contributed by atoms with Crippen LogP contribution in [0.2, 0.25) is 5.02 Å². The van der Waals surface area contributed by atoms with Gasteiger partial charge in [0, 0.05) is 22.3 Å². The number of ether oxygens (including phenoxy) is 1. The number of hydrogen-bond donors (Lipinski definition) is 1. The van der Waals surface area contributed by atoms with Crippen molar-refractivity contribution in [1.29, 1.82) is 0 Å². The van der Waals surface area contributed by atoms with Crippen molar-refractivity contribution in [3.63, 3.8) is 0 Å². The van der Waals surface area contributed by atoms with Crippen LogP contribution in [-0.2, 0) is 6.61 Å². The van der Waals surface area contributed by atoms with Crippen LogP contribution in [0.25, 0.3) is 11.3 Å². The van der Waals surface area contributed by atoms with Crippen LogP contribution in [0.1, 0.15) is 5.89 Å². The van der Waals surface area contributed by atoms with Crippen LogP contribution in [-0.4, -0.2) is 4.98 Å². The number of nitrogens with two attached hydrogens (primary N) is 1. The maximum atomic E-state index is 5.86. The van der Waals surface area contributed by atoms with Crippen LogP contribution >= 0.6 is 11.6 Å². The monoisotopic (exact) mass is 300 g/mol. The Morgan fingerprint density at radius 1 is 1.14 bits per heavy atom. The summed E-state index contributed by atoms with van der Waals surface area (Å²) in [4.78, 5) is 4.20. The van der Waals surface area contributed by atoms with Crippen molar-refractivity contribution < 1.29 is 9.15 Å². The summed E-state index contributed by atoms with van der Waals surface area (Å²) < 4.78 is 11.2. The van der Waals surface area contributed by atoms with E-state index >= 15 is 0 Å². The van der Waals surface area contributed by atoms with Gasteiger partial charge in [0.2, 0.25) is 5.89 Å². The van der Waals surface area contributed by atoms with Gasteiger partial charge in [0.1, 0.15) is 5.75 Å². The Morgan fingerprint density at radius 3 is 2.71 bits per heavy atom. The molecule has 0 amide bonds. The van der Waals surface area contributed by atoms with E-state index in [2.05, 4.69) is 4.98 Å². The van der Waals surface area contributed by atoms with Gasteiger partial charge >= 0.3 is 0 Å². The van der Waals surface area contributed by atoms with Crippen molar-refractivity contribution in [2.45, 2.75) is 6.61 Å². The number of halogens is 1. The van der Waals surface area contributed by atoms with Gasteiger partial charge in [-0.05, 0) is 36.4 Å². The first-order chi connectivity index (χ1) is 10.2. The molecule has 3 aromatic rings. The first-order valence-corrected chi connectivity index (χ1v) is 6.77. The van der Waals surface area contributed by atoms with Gasteiger partial charge in [-0.25, -0.2) is 4.98 Å². The van der Waals surface area contributed by atoms with Gasteiger partial charge in [-0.1, -0.05) is 17.7 Å². The maximum absolute atomic E-state index is 5.86. The highest BCUT2D eigenvalue weighted by Crippen LogP contribution is 2.23. The highest BCUT2D eigenvalue weighted by atomic mass is 35.5. The lowest BCUT2D eigenvalue weighted by Crippen LogP contribution is -1.96. The lowest BCUT2D eigenvalue weighted by molar-refractivity contribution is 0.265. The Bertz CT molecular complexity index is 738. The topological polar surface area (TPSA) is 61.3 Å². The molecule has 0 aliphatic carbocycles. The second-order valence-electron chi connectivity index (χ2n) is 4.49. The van der Waals surface area contributed by atoms with E-state index in [0.29, 0.717) is 28.1 Å². The van der Waals surface area contributed by atoms with Crippen molar-refractivity contribution in [3.8, 4) is 17.1 Å². The molecular weight excluding hydrogens is 288 g/mol. The smallest absolute Gasteiger partial charge is 0.232 e. The molecule has 0 aliphatic rings. The second-order valence-corrected chi connectivity index (χ2v) is 4.92. The fourth-order valence-electron chi connectivity index (χ4n) is 1.87. The fraction of sp³-hybridized carbons (Fsp3) is 0.0625. The zero-order chi connectivity index (χ0) is 14.7. The predicted molar refractivity (Wildman–Crippen MR) is 82.1 cm³/mol. The summed E-state index contributed by atoms with van der Waals surface area (Å²) in [5, 5.41) is 0.684. The second kappa shape index (κ2) is 5.89. The molecule has 2 N–H and O–H groups in total. The van der Waals surface area contributed by atoms with Gasteiger partial charge in [0.05, 0.1) is 6.20 Å². The number of nitrogen functional groups attached to an aromatic ring is 1. The lowest BCUT2D eigenvalue weighted by Gasteiger charge is -2.03. The molecule has 0 radical (unpaired) electrons. The van der Waals surface area contributed by atoms with E-state index in [1.54, 1.807) is 18.3 Å². The molecule has 0 saturated heterocycles. The van der Waals surface area contributed by atoms with Crippen molar-refractivity contribution in [3.05, 3.63) is 65.6 Å². The van der Waals surface area contributed by atoms with Gasteiger partial charge in [-0.3, -0.25) is 0 Å². The minimum absolute atomic E-state index is 0.247. The molecule has 4 nitrogen and oxygen atoms in total. The summed E-state index contributed by atoms with van der Waals surface area (Å²) in [5.74, 6) is 1.86. The standard InChI is InChI=1S/C16H13ClN2O2/c17-12-6-4-11(5-7-12)15-9-19-16(21-15)10-20-14-3-1-2-13(18)8-14/h1-9H,10,18H2. The largest absolute Gasteiger partial charge is 0.484 e. The van der Waals surface area contributed by atoms with E-state index in [0.717, 1.165) is 5.56 Å². The Labute approximate surface area is 127 Å². The predicted octanol–water partition coefficient (Wildman–Crippen LogP) is 4.16. The van der Waals surface area contributed by atoms with E-state index < -0.39 is 0 Å². The van der Waals surface area contributed by atoms with E-state index in [4.69, 9.17) is 26.5 Å². The first kappa shape index (κ1) is 13.5. The number of oxazole rings is 1. The molecular formula is C16H13ClN2O2. The van der Waals surface area contributed by atoms with Crippen LogP contribution in [0.4, 0.5) is 5.69 Å². The van der Waals surface area contributed by atoms with Gasteiger partial charge in [-0.15, -0.1) is 0 Å². The minimum Gasteiger partial charge on any atom is -0.484 e. The fourth-order valence-corrected chi connectivity index (χ4v) is 2.00. The lowest BCUT2D eigenvalue weighted by atomic mass is 10.2. The summed E-state index contributed by atoms with van der Waals surface area (Å²) in [6, 6.07) is 14.6. The van der Waals surface area contributed by atoms with Gasteiger partial charge in [-0.2, -0.15) is 0 Å². The molecule has 1 heterocycles. The number of nitrogens with zero attached hydrogens (tertiary/aromatic N) is 1. The molecule has 0 saturated carbocycles. The van der Waals surface area contributed by atoms with E-state index in [1.165, 1.54) is 0 Å². The molecule has 1 aromatic heterocycles. The van der Waals surface area contributed by atoms with Crippen LogP contribution in [0.15, 0.2) is 59.1 Å². The van der Waals surface area contributed by atoms with Crippen molar-refractivity contribution >= 4 is 17.3 Å². The van der Waals surface area contributed by atoms with Crippen molar-refractivity contribution in [2.24, 2.45) is 0 Å². The number of aromatic nitrogens is 1. The maximum Gasteiger partial charge on any atom is 0.232 e. The zero-order valence-corrected chi connectivity index (χ0v) is 11.9. The molecule has 106 valence electrons. The van der Waals surface area contributed by atoms with Crippen LogP contribution in [0, 0.1) is 0 Å². The number of anilines is 1. The molecule has 0 aliphatic heterocycles. The first-order valence-electron chi connectivity index (χ1n) is 6.40. The highest BCUT2D eigenvalue weighted by Gasteiger charge is 2.07. The van der Waals surface area contributed by atoms with Crippen molar-refractivity contribution in [1.82, 2.24) is 4.98 Å². The molecule has 0 atom stereocenters. The zero-order valence-electron chi connectivity index (χ0n) is 11.1. The SMILES string of the molecule is Nc1cccc(OCc2ncc(-c3ccc(Cl)cc3)o2)c1. The third kappa shape index (κ3) is 3.35. The summed E-state index contributed by atoms with van der Waals surface area (Å²) in [5.41, 5.74) is 7.26. The number of benzene rings is 2. The van der Waals surface area contributed by atoms with E-state index in [-0.39, 0.29) is 6.61 Å². The molecule has 0 fully saturated rings. The quantitative estimate of drug-likeness (QED) is 0.735. The Morgan fingerprint density at radius 2 is 1.95 bits per heavy atom. The molecule has 5 heteroatoms. The van der Waals surface area contributed by atoms with Crippen LogP contribution in [0.5, 0.6) is 5.75 Å². The summed E-state index contributed by atoms with van der Waals surface area (Å²) >= 11 is 5.86. The van der Waals surface area contributed by atoms with E-state index in [1.807, 2.05) is 36.4 Å². The minimum atomic E-state index is 0.247. The molecule has 0 unspecified atom stereocenters. The third-order valence-corrected chi connectivity index (χ3v) is 3.15. The van der Waals surface area contributed by atoms with Gasteiger partial charge in [0.15, 0.2) is 12.4 Å². The summed E-state index contributed by atoms with van der Waals surface area (Å²) in [6.45, 7) is 0.247. The Kier molecular flexibility index (Phi) is 3.79. The van der Waals surface area contributed by atoms with E-state index in [9.17, 15) is 0 Å². The van der Waals surface area contributed by atoms with Crippen molar-refractivity contribution in [2.75, 3.05) is 5.73 Å².